The second-order valence-corrected chi connectivity index (χ2v) is 6.18. The van der Waals surface area contributed by atoms with E-state index < -0.39 is 16.0 Å². The normalized spacial score (nSPS) is 10.6. The third-order valence-electron chi connectivity index (χ3n) is 3.18. The number of carbonyl (C=O) groups excluding carboxylic acids is 1. The summed E-state index contributed by atoms with van der Waals surface area (Å²) in [5, 5.41) is 10.4. The van der Waals surface area contributed by atoms with Crippen molar-refractivity contribution in [2.75, 3.05) is 0 Å². The number of amides is 1. The Labute approximate surface area is 139 Å². The van der Waals surface area contributed by atoms with E-state index in [2.05, 4.69) is 0 Å². The van der Waals surface area contributed by atoms with Crippen LogP contribution in [0.5, 0.6) is 0 Å². The molecule has 3 aromatic rings. The average Bonchev–Trinajstić information content (AvgIpc) is 2.61. The molecular formula is C17H15NO5S. The van der Waals surface area contributed by atoms with Gasteiger partial charge in [0.2, 0.25) is 0 Å². The molecule has 0 aromatic heterocycles. The molecule has 0 bridgehead atoms. The number of hydrogen-bond acceptors (Lipinski definition) is 4. The van der Waals surface area contributed by atoms with Crippen molar-refractivity contribution in [1.29, 1.82) is 0 Å². The molecule has 0 spiro atoms. The second-order valence-electron chi connectivity index (χ2n) is 4.76. The van der Waals surface area contributed by atoms with Crippen LogP contribution in [0.25, 0.3) is 10.8 Å². The number of nitrogens with one attached hydrogen (secondary N) is 1. The first-order valence-electron chi connectivity index (χ1n) is 6.88. The van der Waals surface area contributed by atoms with Gasteiger partial charge in [-0.3, -0.25) is 14.6 Å². The molecule has 7 heteroatoms. The maximum absolute atomic E-state index is 11.3. The number of fused-ring (bicyclic) bond motifs is 1. The summed E-state index contributed by atoms with van der Waals surface area (Å²) in [6.07, 6.45) is 0. The van der Waals surface area contributed by atoms with Crippen LogP contribution in [-0.4, -0.2) is 24.1 Å². The Kier molecular flexibility index (Phi) is 5.64. The number of hydroxylamine groups is 1. The van der Waals surface area contributed by atoms with Gasteiger partial charge in [0.25, 0.3) is 16.0 Å². The summed E-state index contributed by atoms with van der Waals surface area (Å²) >= 11 is 0. The molecule has 0 atom stereocenters. The number of rotatable bonds is 2. The van der Waals surface area contributed by atoms with Crippen molar-refractivity contribution >= 4 is 26.8 Å². The first-order valence-corrected chi connectivity index (χ1v) is 8.32. The molecule has 3 aromatic carbocycles. The first kappa shape index (κ1) is 17.6. The van der Waals surface area contributed by atoms with Gasteiger partial charge in [-0.15, -0.1) is 0 Å². The average molecular weight is 345 g/mol. The lowest BCUT2D eigenvalue weighted by atomic mass is 10.0. The quantitative estimate of drug-likeness (QED) is 0.376. The van der Waals surface area contributed by atoms with Crippen LogP contribution >= 0.6 is 0 Å². The number of hydrogen-bond donors (Lipinski definition) is 3. The fourth-order valence-corrected chi connectivity index (χ4v) is 2.58. The van der Waals surface area contributed by atoms with Gasteiger partial charge in [0, 0.05) is 5.56 Å². The molecular weight excluding hydrogens is 330 g/mol. The van der Waals surface area contributed by atoms with Gasteiger partial charge in [0.1, 0.15) is 0 Å². The van der Waals surface area contributed by atoms with Crippen LogP contribution in [0.4, 0.5) is 0 Å². The summed E-state index contributed by atoms with van der Waals surface area (Å²) in [6.45, 7) is 0. The van der Waals surface area contributed by atoms with Crippen LogP contribution in [0.1, 0.15) is 10.4 Å². The van der Waals surface area contributed by atoms with E-state index in [1.807, 2.05) is 30.3 Å². The summed E-state index contributed by atoms with van der Waals surface area (Å²) in [5.41, 5.74) is 2.11. The maximum Gasteiger partial charge on any atom is 0.294 e. The molecule has 3 rings (SSSR count). The molecule has 0 unspecified atom stereocenters. The lowest BCUT2D eigenvalue weighted by Crippen LogP contribution is -2.18. The lowest BCUT2D eigenvalue weighted by Gasteiger charge is -2.03. The minimum absolute atomic E-state index is 0.0741. The fourth-order valence-electron chi connectivity index (χ4n) is 2.08. The molecule has 0 heterocycles. The van der Waals surface area contributed by atoms with Gasteiger partial charge in [-0.25, -0.2) is 5.48 Å². The predicted molar refractivity (Wildman–Crippen MR) is 89.5 cm³/mol. The zero-order valence-corrected chi connectivity index (χ0v) is 13.3. The fraction of sp³-hybridized carbons (Fsp3) is 0. The molecule has 0 aliphatic rings. The summed E-state index contributed by atoms with van der Waals surface area (Å²) in [5.74, 6) is -0.484. The lowest BCUT2D eigenvalue weighted by molar-refractivity contribution is 0.0708. The number of benzene rings is 3. The van der Waals surface area contributed by atoms with E-state index in [0.717, 1.165) is 10.8 Å². The van der Waals surface area contributed by atoms with Crippen LogP contribution in [0.15, 0.2) is 77.7 Å². The van der Waals surface area contributed by atoms with Crippen molar-refractivity contribution in [3.63, 3.8) is 0 Å². The molecule has 0 aliphatic carbocycles. The summed E-state index contributed by atoms with van der Waals surface area (Å²) in [6, 6.07) is 20.3. The minimum Gasteiger partial charge on any atom is -0.288 e. The molecule has 0 saturated carbocycles. The van der Waals surface area contributed by atoms with Crippen LogP contribution in [0.2, 0.25) is 0 Å². The molecule has 0 saturated heterocycles. The highest BCUT2D eigenvalue weighted by molar-refractivity contribution is 7.85. The van der Waals surface area contributed by atoms with E-state index >= 15 is 0 Å². The highest BCUT2D eigenvalue weighted by Crippen LogP contribution is 2.17. The SMILES string of the molecule is O=C(NO)c1cccc2ccccc12.O=S(=O)(O)c1ccccc1. The van der Waals surface area contributed by atoms with Gasteiger partial charge >= 0.3 is 0 Å². The van der Waals surface area contributed by atoms with Crippen molar-refractivity contribution < 1.29 is 23.0 Å². The number of carbonyl (C=O) groups is 1. The molecule has 0 radical (unpaired) electrons. The Balaban J connectivity index is 0.000000185. The van der Waals surface area contributed by atoms with Crippen molar-refractivity contribution in [2.45, 2.75) is 4.90 Å². The molecule has 0 fully saturated rings. The van der Waals surface area contributed by atoms with Crippen molar-refractivity contribution in [3.05, 3.63) is 78.4 Å². The molecule has 0 aliphatic heterocycles. The summed E-state index contributed by atoms with van der Waals surface area (Å²) < 4.78 is 29.2. The third kappa shape index (κ3) is 4.39. The minimum atomic E-state index is -4.00. The Morgan fingerprint density at radius 3 is 2.00 bits per heavy atom. The zero-order chi connectivity index (χ0) is 17.6. The van der Waals surface area contributed by atoms with Crippen LogP contribution in [0.3, 0.4) is 0 Å². The van der Waals surface area contributed by atoms with Crippen LogP contribution in [0, 0.1) is 0 Å². The van der Waals surface area contributed by atoms with E-state index in [-0.39, 0.29) is 4.90 Å². The second kappa shape index (κ2) is 7.69. The van der Waals surface area contributed by atoms with Crippen molar-refractivity contribution in [2.24, 2.45) is 0 Å². The van der Waals surface area contributed by atoms with Gasteiger partial charge in [0.15, 0.2) is 0 Å². The van der Waals surface area contributed by atoms with Crippen LogP contribution in [-0.2, 0) is 10.1 Å². The van der Waals surface area contributed by atoms with Crippen molar-refractivity contribution in [3.8, 4) is 0 Å². The molecule has 124 valence electrons. The van der Waals surface area contributed by atoms with Crippen LogP contribution < -0.4 is 5.48 Å². The van der Waals surface area contributed by atoms with Gasteiger partial charge in [-0.1, -0.05) is 54.6 Å². The Morgan fingerprint density at radius 2 is 1.42 bits per heavy atom. The summed E-state index contributed by atoms with van der Waals surface area (Å²) in [4.78, 5) is 11.2. The van der Waals surface area contributed by atoms with E-state index in [1.165, 1.54) is 12.1 Å². The molecule has 1 amide bonds. The topological polar surface area (TPSA) is 104 Å². The van der Waals surface area contributed by atoms with Gasteiger partial charge < -0.3 is 0 Å². The van der Waals surface area contributed by atoms with E-state index in [0.29, 0.717) is 5.56 Å². The highest BCUT2D eigenvalue weighted by Gasteiger charge is 2.07. The first-order chi connectivity index (χ1) is 11.4. The molecule has 3 N–H and O–H groups in total. The third-order valence-corrected chi connectivity index (χ3v) is 4.04. The van der Waals surface area contributed by atoms with E-state index in [4.69, 9.17) is 9.76 Å². The highest BCUT2D eigenvalue weighted by atomic mass is 32.2. The van der Waals surface area contributed by atoms with E-state index in [9.17, 15) is 13.2 Å². The molecule has 6 nitrogen and oxygen atoms in total. The molecule has 24 heavy (non-hydrogen) atoms. The monoisotopic (exact) mass is 345 g/mol. The standard InChI is InChI=1S/C11H9NO2.C6H6O3S/c13-11(12-14)10-7-3-5-8-4-1-2-6-9(8)10;7-10(8,9)6-4-2-1-3-5-6/h1-7,14H,(H,12,13);1-5H,(H,7,8,9). The Bertz CT molecular complexity index is 934. The Morgan fingerprint density at radius 1 is 0.833 bits per heavy atom. The largest absolute Gasteiger partial charge is 0.294 e. The van der Waals surface area contributed by atoms with Gasteiger partial charge in [-0.2, -0.15) is 8.42 Å². The van der Waals surface area contributed by atoms with Crippen molar-refractivity contribution in [1.82, 2.24) is 5.48 Å². The zero-order valence-electron chi connectivity index (χ0n) is 12.5. The summed E-state index contributed by atoms with van der Waals surface area (Å²) in [7, 11) is -4.00. The Hall–Kier alpha value is -2.74. The van der Waals surface area contributed by atoms with E-state index in [1.54, 1.807) is 35.8 Å². The van der Waals surface area contributed by atoms with Gasteiger partial charge in [-0.05, 0) is 29.0 Å². The maximum atomic E-state index is 11.3. The predicted octanol–water partition coefficient (Wildman–Crippen LogP) is 2.89. The smallest absolute Gasteiger partial charge is 0.288 e. The van der Waals surface area contributed by atoms with Gasteiger partial charge in [0.05, 0.1) is 4.90 Å².